The number of hydrogen-bond donors (Lipinski definition) is 1. The van der Waals surface area contributed by atoms with Crippen molar-refractivity contribution in [3.63, 3.8) is 0 Å². The highest BCUT2D eigenvalue weighted by molar-refractivity contribution is 14.0. The number of ether oxygens (including phenoxy) is 4. The molecule has 0 saturated heterocycles. The Balaban J connectivity index is 0.00000363. The van der Waals surface area contributed by atoms with Crippen molar-refractivity contribution in [3.8, 4) is 17.2 Å². The number of guanidine groups is 1. The van der Waals surface area contributed by atoms with Crippen LogP contribution in [0.25, 0.3) is 0 Å². The van der Waals surface area contributed by atoms with Crippen LogP contribution >= 0.6 is 24.0 Å². The summed E-state index contributed by atoms with van der Waals surface area (Å²) in [6.07, 6.45) is 1.85. The molecule has 0 amide bonds. The summed E-state index contributed by atoms with van der Waals surface area (Å²) in [6, 6.07) is 12.1. The molecule has 1 aliphatic heterocycles. The van der Waals surface area contributed by atoms with Gasteiger partial charge in [0.05, 0.1) is 27.9 Å². The van der Waals surface area contributed by atoms with Gasteiger partial charge < -0.3 is 29.2 Å². The van der Waals surface area contributed by atoms with E-state index in [1.807, 2.05) is 31.3 Å². The normalized spacial score (nSPS) is 13.1. The van der Waals surface area contributed by atoms with Gasteiger partial charge >= 0.3 is 0 Å². The molecule has 0 saturated carbocycles. The van der Waals surface area contributed by atoms with Gasteiger partial charge in [-0.25, -0.2) is 0 Å². The minimum atomic E-state index is 0. The second-order valence-corrected chi connectivity index (χ2v) is 7.38. The van der Waals surface area contributed by atoms with Gasteiger partial charge in [0.15, 0.2) is 17.5 Å². The van der Waals surface area contributed by atoms with Gasteiger partial charge in [-0.15, -0.1) is 24.0 Å². The molecule has 0 spiro atoms. The lowest BCUT2D eigenvalue weighted by Crippen LogP contribution is -2.44. The summed E-state index contributed by atoms with van der Waals surface area (Å²) in [4.78, 5) is 6.74. The van der Waals surface area contributed by atoms with Crippen molar-refractivity contribution in [2.45, 2.75) is 26.0 Å². The number of aliphatic imine (C=N–C) groups is 1. The van der Waals surface area contributed by atoms with Gasteiger partial charge in [0.1, 0.15) is 5.75 Å². The summed E-state index contributed by atoms with van der Waals surface area (Å²) in [5.74, 6) is 3.32. The predicted octanol–water partition coefficient (Wildman–Crippen LogP) is 3.87. The Bertz CT molecular complexity index is 874. The Morgan fingerprint density at radius 2 is 1.69 bits per heavy atom. The molecular formula is C24H34IN3O4. The molecule has 7 nitrogen and oxygen atoms in total. The topological polar surface area (TPSA) is 64.6 Å². The molecule has 176 valence electrons. The van der Waals surface area contributed by atoms with Gasteiger partial charge in [-0.1, -0.05) is 12.1 Å². The Morgan fingerprint density at radius 3 is 2.31 bits per heavy atom. The minimum Gasteiger partial charge on any atom is -0.497 e. The minimum absolute atomic E-state index is 0. The maximum atomic E-state index is 5.79. The molecule has 8 heteroatoms. The molecule has 3 rings (SSSR count). The molecule has 1 N–H and O–H groups in total. The molecule has 0 aliphatic carbocycles. The number of halogens is 1. The van der Waals surface area contributed by atoms with Crippen LogP contribution in [0.5, 0.6) is 17.2 Å². The van der Waals surface area contributed by atoms with E-state index >= 15 is 0 Å². The highest BCUT2D eigenvalue weighted by atomic mass is 127. The van der Waals surface area contributed by atoms with Crippen LogP contribution in [0.4, 0.5) is 0 Å². The number of methoxy groups -OCH3 is 3. The number of benzene rings is 2. The van der Waals surface area contributed by atoms with Gasteiger partial charge in [-0.3, -0.25) is 4.99 Å². The lowest BCUT2D eigenvalue weighted by atomic mass is 9.99. The molecule has 2 aromatic carbocycles. The summed E-state index contributed by atoms with van der Waals surface area (Å²) in [5.41, 5.74) is 3.69. The maximum Gasteiger partial charge on any atom is 0.193 e. The first-order valence-corrected chi connectivity index (χ1v) is 10.6. The van der Waals surface area contributed by atoms with Gasteiger partial charge in [0.2, 0.25) is 0 Å². The van der Waals surface area contributed by atoms with E-state index < -0.39 is 0 Å². The van der Waals surface area contributed by atoms with Crippen LogP contribution < -0.4 is 19.5 Å². The molecule has 0 bridgehead atoms. The van der Waals surface area contributed by atoms with E-state index in [-0.39, 0.29) is 24.0 Å². The van der Waals surface area contributed by atoms with Crippen LogP contribution in [-0.4, -0.2) is 58.9 Å². The molecule has 32 heavy (non-hydrogen) atoms. The molecule has 2 aromatic rings. The van der Waals surface area contributed by atoms with Crippen molar-refractivity contribution in [3.05, 3.63) is 53.1 Å². The average molecular weight is 555 g/mol. The van der Waals surface area contributed by atoms with Gasteiger partial charge in [0.25, 0.3) is 0 Å². The highest BCUT2D eigenvalue weighted by Crippen LogP contribution is 2.33. The first-order chi connectivity index (χ1) is 15.2. The van der Waals surface area contributed by atoms with E-state index in [0.29, 0.717) is 13.2 Å². The maximum absolute atomic E-state index is 5.79. The van der Waals surface area contributed by atoms with E-state index in [4.69, 9.17) is 18.9 Å². The van der Waals surface area contributed by atoms with Gasteiger partial charge in [-0.2, -0.15) is 0 Å². The molecule has 0 aromatic heterocycles. The fraction of sp³-hybridized carbons (Fsp3) is 0.458. The zero-order chi connectivity index (χ0) is 22.1. The Labute approximate surface area is 208 Å². The lowest BCUT2D eigenvalue weighted by Gasteiger charge is -2.32. The highest BCUT2D eigenvalue weighted by Gasteiger charge is 2.21. The van der Waals surface area contributed by atoms with Crippen molar-refractivity contribution in [1.29, 1.82) is 0 Å². The smallest absolute Gasteiger partial charge is 0.193 e. The average Bonchev–Trinajstić information content (AvgIpc) is 2.82. The van der Waals surface area contributed by atoms with Crippen molar-refractivity contribution in [2.75, 3.05) is 48.1 Å². The molecule has 0 atom stereocenters. The summed E-state index contributed by atoms with van der Waals surface area (Å²) >= 11 is 0. The van der Waals surface area contributed by atoms with Gasteiger partial charge in [-0.05, 0) is 53.8 Å². The fourth-order valence-electron chi connectivity index (χ4n) is 3.68. The van der Waals surface area contributed by atoms with Gasteiger partial charge in [0, 0.05) is 33.3 Å². The van der Waals surface area contributed by atoms with Crippen molar-refractivity contribution in [1.82, 2.24) is 10.2 Å². The van der Waals surface area contributed by atoms with Crippen LogP contribution in [0.15, 0.2) is 41.4 Å². The second-order valence-electron chi connectivity index (χ2n) is 7.38. The Hall–Kier alpha value is -2.20. The predicted molar refractivity (Wildman–Crippen MR) is 138 cm³/mol. The number of rotatable bonds is 9. The molecule has 0 radical (unpaired) electrons. The number of nitrogens with one attached hydrogen (secondary N) is 1. The summed E-state index contributed by atoms with van der Waals surface area (Å²) in [7, 11) is 6.84. The quantitative estimate of drug-likeness (QED) is 0.220. The van der Waals surface area contributed by atoms with Crippen LogP contribution in [0, 0.1) is 0 Å². The number of nitrogens with zero attached hydrogens (tertiary/aromatic N) is 2. The number of fused-ring (bicyclic) bond motifs is 1. The SMILES string of the molecule is CN=C(NCCCOCc1ccc(OC)cc1)N1CCc2cc(OC)c(OC)cc2C1.I. The molecule has 1 aliphatic rings. The van der Waals surface area contributed by atoms with E-state index in [0.717, 1.165) is 61.2 Å². The second kappa shape index (κ2) is 13.4. The van der Waals surface area contributed by atoms with Crippen LogP contribution in [0.2, 0.25) is 0 Å². The summed E-state index contributed by atoms with van der Waals surface area (Å²) < 4.78 is 21.9. The first kappa shape index (κ1) is 26.1. The monoisotopic (exact) mass is 555 g/mol. The standard InChI is InChI=1S/C24H33N3O4.HI/c1-25-24(26-11-5-13-31-17-18-6-8-21(28-2)9-7-18)27-12-10-19-14-22(29-3)23(30-4)15-20(19)16-27;/h6-9,14-15H,5,10-13,16-17H2,1-4H3,(H,25,26);1H. The Kier molecular flexibility index (Phi) is 10.9. The largest absolute Gasteiger partial charge is 0.497 e. The lowest BCUT2D eigenvalue weighted by molar-refractivity contribution is 0.119. The molecule has 0 fully saturated rings. The first-order valence-electron chi connectivity index (χ1n) is 10.6. The van der Waals surface area contributed by atoms with Crippen molar-refractivity contribution < 1.29 is 18.9 Å². The summed E-state index contributed by atoms with van der Waals surface area (Å²) in [6.45, 7) is 3.81. The zero-order valence-corrected chi connectivity index (χ0v) is 21.7. The molecule has 0 unspecified atom stereocenters. The van der Waals surface area contributed by atoms with E-state index in [9.17, 15) is 0 Å². The summed E-state index contributed by atoms with van der Waals surface area (Å²) in [5, 5.41) is 3.46. The third-order valence-electron chi connectivity index (χ3n) is 5.41. The van der Waals surface area contributed by atoms with Crippen molar-refractivity contribution >= 4 is 29.9 Å². The van der Waals surface area contributed by atoms with E-state index in [1.165, 1.54) is 11.1 Å². The molecular weight excluding hydrogens is 521 g/mol. The zero-order valence-electron chi connectivity index (χ0n) is 19.3. The Morgan fingerprint density at radius 1 is 1.00 bits per heavy atom. The van der Waals surface area contributed by atoms with E-state index in [1.54, 1.807) is 21.3 Å². The molecule has 1 heterocycles. The van der Waals surface area contributed by atoms with Crippen LogP contribution in [0.1, 0.15) is 23.1 Å². The third-order valence-corrected chi connectivity index (χ3v) is 5.41. The van der Waals surface area contributed by atoms with Crippen LogP contribution in [0.3, 0.4) is 0 Å². The third kappa shape index (κ3) is 6.90. The fourth-order valence-corrected chi connectivity index (χ4v) is 3.68. The van der Waals surface area contributed by atoms with E-state index in [2.05, 4.69) is 27.3 Å². The van der Waals surface area contributed by atoms with Crippen LogP contribution in [-0.2, 0) is 24.3 Å². The number of hydrogen-bond acceptors (Lipinski definition) is 5. The van der Waals surface area contributed by atoms with Crippen molar-refractivity contribution in [2.24, 2.45) is 4.99 Å².